The minimum Gasteiger partial charge on any atom is -0.493 e. The molecule has 1 aromatic carbocycles. The van der Waals surface area contributed by atoms with Crippen LogP contribution in [0, 0.1) is 0 Å². The maximum atomic E-state index is 12.5. The van der Waals surface area contributed by atoms with Crippen molar-refractivity contribution in [2.75, 3.05) is 54.1 Å². The minimum absolute atomic E-state index is 0. The summed E-state index contributed by atoms with van der Waals surface area (Å²) in [5.74, 6) is 0.926. The SMILES string of the molecule is CCNC(=NCc1ccc(OC)c(OC(F)F)c1)NCCN(C)CCCOC.I. The second-order valence-electron chi connectivity index (χ2n) is 6.14. The molecule has 2 N–H and O–H groups in total. The van der Waals surface area contributed by atoms with E-state index >= 15 is 0 Å². The fourth-order valence-electron chi connectivity index (χ4n) is 2.48. The second kappa shape index (κ2) is 16.4. The van der Waals surface area contributed by atoms with Gasteiger partial charge in [0.1, 0.15) is 0 Å². The molecule has 0 unspecified atom stereocenters. The number of likely N-dealkylation sites (N-methyl/N-ethyl adjacent to an activating group) is 1. The molecule has 0 heterocycles. The van der Waals surface area contributed by atoms with Crippen molar-refractivity contribution in [1.82, 2.24) is 15.5 Å². The summed E-state index contributed by atoms with van der Waals surface area (Å²) in [5.41, 5.74) is 0.741. The maximum absolute atomic E-state index is 12.5. The zero-order valence-electron chi connectivity index (χ0n) is 17.5. The second-order valence-corrected chi connectivity index (χ2v) is 6.14. The van der Waals surface area contributed by atoms with Crippen LogP contribution in [-0.4, -0.2) is 71.5 Å². The summed E-state index contributed by atoms with van der Waals surface area (Å²) in [6, 6.07) is 4.88. The Morgan fingerprint density at radius 3 is 2.55 bits per heavy atom. The highest BCUT2D eigenvalue weighted by atomic mass is 127. The number of hydrogen-bond acceptors (Lipinski definition) is 5. The summed E-state index contributed by atoms with van der Waals surface area (Å²) in [4.78, 5) is 6.72. The molecule has 0 fully saturated rings. The standard InChI is InChI=1S/C19H32F2N4O3.HI/c1-5-22-19(23-9-11-25(2)10-6-12-26-3)24-14-15-7-8-16(27-4)17(13-15)28-18(20)21;/h7-8,13,18H,5-6,9-12,14H2,1-4H3,(H2,22,23,24);1H. The van der Waals surface area contributed by atoms with Gasteiger partial charge >= 0.3 is 6.61 Å². The molecule has 0 spiro atoms. The molecule has 0 bridgehead atoms. The van der Waals surface area contributed by atoms with E-state index < -0.39 is 6.61 Å². The number of halogens is 3. The van der Waals surface area contributed by atoms with Crippen LogP contribution in [0.15, 0.2) is 23.2 Å². The van der Waals surface area contributed by atoms with Crippen LogP contribution >= 0.6 is 24.0 Å². The van der Waals surface area contributed by atoms with E-state index in [1.165, 1.54) is 13.2 Å². The van der Waals surface area contributed by atoms with E-state index in [9.17, 15) is 8.78 Å². The van der Waals surface area contributed by atoms with E-state index in [1.807, 2.05) is 6.92 Å². The predicted octanol–water partition coefficient (Wildman–Crippen LogP) is 2.94. The lowest BCUT2D eigenvalue weighted by Crippen LogP contribution is -2.41. The number of guanidine groups is 1. The van der Waals surface area contributed by atoms with Gasteiger partial charge in [0.15, 0.2) is 17.5 Å². The Morgan fingerprint density at radius 1 is 1.17 bits per heavy atom. The minimum atomic E-state index is -2.91. The van der Waals surface area contributed by atoms with E-state index in [0.717, 1.165) is 44.8 Å². The maximum Gasteiger partial charge on any atom is 0.387 e. The molecule has 0 aliphatic heterocycles. The summed E-state index contributed by atoms with van der Waals surface area (Å²) in [7, 11) is 5.17. The molecular weight excluding hydrogens is 497 g/mol. The van der Waals surface area contributed by atoms with E-state index in [-0.39, 0.29) is 35.5 Å². The van der Waals surface area contributed by atoms with Crippen LogP contribution in [0.2, 0.25) is 0 Å². The molecular formula is C19H33F2IN4O3. The number of benzene rings is 1. The quantitative estimate of drug-likeness (QED) is 0.177. The summed E-state index contributed by atoms with van der Waals surface area (Å²) in [5, 5.41) is 6.44. The Morgan fingerprint density at radius 2 is 1.93 bits per heavy atom. The molecule has 7 nitrogen and oxygen atoms in total. The number of methoxy groups -OCH3 is 2. The van der Waals surface area contributed by atoms with Gasteiger partial charge in [-0.25, -0.2) is 4.99 Å². The van der Waals surface area contributed by atoms with Crippen molar-refractivity contribution in [2.24, 2.45) is 4.99 Å². The Kier molecular flexibility index (Phi) is 15.6. The van der Waals surface area contributed by atoms with Gasteiger partial charge in [0.25, 0.3) is 0 Å². The number of alkyl halides is 2. The summed E-state index contributed by atoms with van der Waals surface area (Å²) in [6.07, 6.45) is 0.988. The fraction of sp³-hybridized carbons (Fsp3) is 0.632. The number of nitrogens with one attached hydrogen (secondary N) is 2. The average Bonchev–Trinajstić information content (AvgIpc) is 2.66. The van der Waals surface area contributed by atoms with Crippen molar-refractivity contribution in [1.29, 1.82) is 0 Å². The van der Waals surface area contributed by atoms with Gasteiger partial charge in [0, 0.05) is 39.9 Å². The summed E-state index contributed by atoms with van der Waals surface area (Å²) in [6.45, 7) is 3.42. The third-order valence-electron chi connectivity index (χ3n) is 3.88. The van der Waals surface area contributed by atoms with E-state index in [2.05, 4.69) is 32.3 Å². The topological polar surface area (TPSA) is 67.4 Å². The number of rotatable bonds is 13. The van der Waals surface area contributed by atoms with Crippen molar-refractivity contribution in [3.63, 3.8) is 0 Å². The molecule has 1 aromatic rings. The molecule has 0 aliphatic carbocycles. The highest BCUT2D eigenvalue weighted by Crippen LogP contribution is 2.29. The van der Waals surface area contributed by atoms with Crippen LogP contribution < -0.4 is 20.1 Å². The molecule has 0 atom stereocenters. The Balaban J connectivity index is 0.00000784. The van der Waals surface area contributed by atoms with Gasteiger partial charge in [-0.2, -0.15) is 8.78 Å². The molecule has 0 saturated carbocycles. The smallest absolute Gasteiger partial charge is 0.387 e. The Hall–Kier alpha value is -1.40. The number of hydrogen-bond donors (Lipinski definition) is 2. The molecule has 0 amide bonds. The van der Waals surface area contributed by atoms with Crippen LogP contribution in [0.25, 0.3) is 0 Å². The van der Waals surface area contributed by atoms with Gasteiger partial charge in [0.2, 0.25) is 0 Å². The first-order chi connectivity index (χ1) is 13.5. The lowest BCUT2D eigenvalue weighted by atomic mass is 10.2. The van der Waals surface area contributed by atoms with Crippen molar-refractivity contribution in [3.05, 3.63) is 23.8 Å². The van der Waals surface area contributed by atoms with E-state index in [1.54, 1.807) is 19.2 Å². The molecule has 1 rings (SSSR count). The normalized spacial score (nSPS) is 11.4. The van der Waals surface area contributed by atoms with Crippen molar-refractivity contribution in [2.45, 2.75) is 26.5 Å². The first kappa shape index (κ1) is 27.6. The molecule has 168 valence electrons. The zero-order valence-corrected chi connectivity index (χ0v) is 19.9. The first-order valence-corrected chi connectivity index (χ1v) is 9.31. The zero-order chi connectivity index (χ0) is 20.8. The van der Waals surface area contributed by atoms with Gasteiger partial charge in [0.05, 0.1) is 13.7 Å². The van der Waals surface area contributed by atoms with Crippen LogP contribution in [0.3, 0.4) is 0 Å². The predicted molar refractivity (Wildman–Crippen MR) is 122 cm³/mol. The van der Waals surface area contributed by atoms with Crippen molar-refractivity contribution >= 4 is 29.9 Å². The van der Waals surface area contributed by atoms with Crippen LogP contribution in [0.1, 0.15) is 18.9 Å². The summed E-state index contributed by atoms with van der Waals surface area (Å²) < 4.78 is 39.7. The number of nitrogens with zero attached hydrogens (tertiary/aromatic N) is 2. The number of aliphatic imine (C=N–C) groups is 1. The van der Waals surface area contributed by atoms with E-state index in [0.29, 0.717) is 12.5 Å². The lowest BCUT2D eigenvalue weighted by Gasteiger charge is -2.18. The third-order valence-corrected chi connectivity index (χ3v) is 3.88. The highest BCUT2D eigenvalue weighted by Gasteiger charge is 2.11. The van der Waals surface area contributed by atoms with Crippen molar-refractivity contribution in [3.8, 4) is 11.5 Å². The highest BCUT2D eigenvalue weighted by molar-refractivity contribution is 14.0. The molecule has 0 aromatic heterocycles. The van der Waals surface area contributed by atoms with Gasteiger partial charge in [-0.05, 0) is 38.1 Å². The van der Waals surface area contributed by atoms with Crippen LogP contribution in [-0.2, 0) is 11.3 Å². The largest absolute Gasteiger partial charge is 0.493 e. The van der Waals surface area contributed by atoms with Gasteiger partial charge in [-0.3, -0.25) is 0 Å². The van der Waals surface area contributed by atoms with Gasteiger partial charge in [-0.15, -0.1) is 24.0 Å². The average molecular weight is 530 g/mol. The molecule has 0 saturated heterocycles. The Labute approximate surface area is 189 Å². The first-order valence-electron chi connectivity index (χ1n) is 9.31. The van der Waals surface area contributed by atoms with Crippen LogP contribution in [0.4, 0.5) is 8.78 Å². The molecule has 0 aliphatic rings. The lowest BCUT2D eigenvalue weighted by molar-refractivity contribution is -0.0512. The molecule has 29 heavy (non-hydrogen) atoms. The Bertz CT molecular complexity index is 595. The van der Waals surface area contributed by atoms with Crippen LogP contribution in [0.5, 0.6) is 11.5 Å². The third kappa shape index (κ3) is 12.0. The van der Waals surface area contributed by atoms with Crippen molar-refractivity contribution < 1.29 is 23.0 Å². The molecule has 0 radical (unpaired) electrons. The molecule has 10 heteroatoms. The fourth-order valence-corrected chi connectivity index (χ4v) is 2.48. The van der Waals surface area contributed by atoms with Gasteiger partial charge in [-0.1, -0.05) is 6.07 Å². The van der Waals surface area contributed by atoms with E-state index in [4.69, 9.17) is 9.47 Å². The number of ether oxygens (including phenoxy) is 3. The summed E-state index contributed by atoms with van der Waals surface area (Å²) >= 11 is 0. The monoisotopic (exact) mass is 530 g/mol. The van der Waals surface area contributed by atoms with Gasteiger partial charge < -0.3 is 29.7 Å².